The molecular weight excluding hydrogens is 1150 g/mol. The van der Waals surface area contributed by atoms with Crippen LogP contribution in [0, 0.1) is 5.92 Å². The van der Waals surface area contributed by atoms with E-state index in [0.717, 1.165) is 102 Å². The fourth-order valence-corrected chi connectivity index (χ4v) is 11.9. The molecule has 0 saturated carbocycles. The molecule has 0 rings (SSSR count). The van der Waals surface area contributed by atoms with Gasteiger partial charge in [-0.25, -0.2) is 9.13 Å². The molecule has 0 aliphatic rings. The maximum atomic E-state index is 13.0. The lowest BCUT2D eigenvalue weighted by atomic mass is 10.0. The summed E-state index contributed by atoms with van der Waals surface area (Å²) in [7, 11) is -9.89. The van der Waals surface area contributed by atoms with Crippen molar-refractivity contribution in [3.8, 4) is 0 Å². The lowest BCUT2D eigenvalue weighted by Crippen LogP contribution is -2.30. The van der Waals surface area contributed by atoms with Gasteiger partial charge in [0.25, 0.3) is 0 Å². The number of carbonyl (C=O) groups is 4. The van der Waals surface area contributed by atoms with Crippen molar-refractivity contribution in [2.45, 2.75) is 368 Å². The van der Waals surface area contributed by atoms with Gasteiger partial charge in [0, 0.05) is 25.7 Å². The predicted molar refractivity (Wildman–Crippen MR) is 349 cm³/mol. The fourth-order valence-electron chi connectivity index (χ4n) is 10.3. The molecule has 0 amide bonds. The van der Waals surface area contributed by atoms with E-state index >= 15 is 0 Å². The largest absolute Gasteiger partial charge is 0.472 e. The number of carbonyl (C=O) groups excluding carboxylic acids is 4. The number of aliphatic hydroxyl groups excluding tert-OH is 1. The Morgan fingerprint density at radius 3 is 0.782 bits per heavy atom. The number of unbranched alkanes of at least 4 members (excludes halogenated alkanes) is 40. The highest BCUT2D eigenvalue weighted by Gasteiger charge is 2.30. The summed E-state index contributed by atoms with van der Waals surface area (Å²) in [6, 6.07) is 0. The van der Waals surface area contributed by atoms with Crippen molar-refractivity contribution in [2.24, 2.45) is 5.92 Å². The molecule has 5 atom stereocenters. The van der Waals surface area contributed by atoms with Crippen LogP contribution in [0.5, 0.6) is 0 Å². The monoisotopic (exact) mass is 1280 g/mol. The normalized spacial score (nSPS) is 14.1. The van der Waals surface area contributed by atoms with Crippen LogP contribution in [-0.2, 0) is 65.4 Å². The summed E-state index contributed by atoms with van der Waals surface area (Å²) in [4.78, 5) is 72.2. The van der Waals surface area contributed by atoms with E-state index in [9.17, 15) is 43.2 Å². The molecule has 0 spiro atoms. The van der Waals surface area contributed by atoms with Crippen molar-refractivity contribution in [2.75, 3.05) is 39.6 Å². The first-order valence-corrected chi connectivity index (χ1v) is 38.6. The van der Waals surface area contributed by atoms with Gasteiger partial charge in [0.15, 0.2) is 12.2 Å². The van der Waals surface area contributed by atoms with E-state index in [1.165, 1.54) is 167 Å². The van der Waals surface area contributed by atoms with Gasteiger partial charge in [0.05, 0.1) is 26.4 Å². The van der Waals surface area contributed by atoms with Gasteiger partial charge in [-0.2, -0.15) is 0 Å². The Morgan fingerprint density at radius 2 is 0.529 bits per heavy atom. The van der Waals surface area contributed by atoms with Crippen molar-refractivity contribution < 1.29 is 80.2 Å². The van der Waals surface area contributed by atoms with Crippen molar-refractivity contribution in [1.29, 1.82) is 0 Å². The van der Waals surface area contributed by atoms with E-state index in [1.807, 2.05) is 0 Å². The van der Waals surface area contributed by atoms with Crippen LogP contribution in [0.15, 0.2) is 0 Å². The van der Waals surface area contributed by atoms with Gasteiger partial charge in [0.1, 0.15) is 19.3 Å². The minimum atomic E-state index is -4.95. The lowest BCUT2D eigenvalue weighted by molar-refractivity contribution is -0.161. The second kappa shape index (κ2) is 61.6. The molecule has 87 heavy (non-hydrogen) atoms. The summed E-state index contributed by atoms with van der Waals surface area (Å²) in [6.07, 6.45) is 47.5. The SMILES string of the molecule is CCCCCCCCCCCCCCCCCC(=O)OC[C@H](COP(=O)(O)OC[C@@H](O)COP(=O)(O)OC[C@@H](COC(=O)CCCCCCC)OC(=O)CCCCCCCCCCCC(C)C)OC(=O)CCCCCCCCCCCCCCCCC. The Morgan fingerprint density at radius 1 is 0.310 bits per heavy atom. The molecule has 2 unspecified atom stereocenters. The quantitative estimate of drug-likeness (QED) is 0.0222. The van der Waals surface area contributed by atoms with Crippen LogP contribution in [0.3, 0.4) is 0 Å². The molecule has 19 heteroatoms. The molecule has 0 aromatic carbocycles. The standard InChI is InChI=1S/C68H132O17P2/c1-6-9-12-15-17-19-21-23-25-27-29-33-37-42-47-52-66(71)79-58-64(85-67(72)53-48-43-38-34-30-28-26-24-22-20-18-16-13-10-7-2)60-83-87(76,77)81-56-62(69)55-80-86(74,75)82-59-63(57-78-65(70)51-46-40-14-11-8-3)84-68(73)54-49-44-39-35-31-32-36-41-45-50-61(4)5/h61-64,69H,6-60H2,1-5H3,(H,74,75)(H,76,77)/t62-,63+,64+/m0/s1. The molecule has 0 aromatic rings. The Balaban J connectivity index is 5.16. The van der Waals surface area contributed by atoms with Crippen LogP contribution in [0.2, 0.25) is 0 Å². The van der Waals surface area contributed by atoms with Crippen LogP contribution >= 0.6 is 15.6 Å². The van der Waals surface area contributed by atoms with Gasteiger partial charge >= 0.3 is 39.5 Å². The van der Waals surface area contributed by atoms with Crippen LogP contribution in [-0.4, -0.2) is 96.7 Å². The minimum absolute atomic E-state index is 0.105. The third kappa shape index (κ3) is 62.6. The minimum Gasteiger partial charge on any atom is -0.462 e. The Bertz CT molecular complexity index is 1690. The number of hydrogen-bond acceptors (Lipinski definition) is 15. The molecule has 0 aromatic heterocycles. The molecule has 0 heterocycles. The van der Waals surface area contributed by atoms with E-state index in [-0.39, 0.29) is 25.7 Å². The first-order valence-electron chi connectivity index (χ1n) is 35.6. The van der Waals surface area contributed by atoms with Crippen LogP contribution in [0.1, 0.15) is 349 Å². The highest BCUT2D eigenvalue weighted by Crippen LogP contribution is 2.45. The van der Waals surface area contributed by atoms with Crippen molar-refractivity contribution in [3.63, 3.8) is 0 Å². The number of hydrogen-bond donors (Lipinski definition) is 3. The molecule has 0 aliphatic heterocycles. The third-order valence-corrected chi connectivity index (χ3v) is 17.7. The number of phosphoric ester groups is 2. The first kappa shape index (κ1) is 85.1. The third-order valence-electron chi connectivity index (χ3n) is 15.8. The molecule has 3 N–H and O–H groups in total. The average Bonchev–Trinajstić information content (AvgIpc) is 3.50. The van der Waals surface area contributed by atoms with Gasteiger partial charge in [-0.1, -0.05) is 298 Å². The molecule has 516 valence electrons. The molecule has 17 nitrogen and oxygen atoms in total. The lowest BCUT2D eigenvalue weighted by Gasteiger charge is -2.21. The molecule has 0 fully saturated rings. The fraction of sp³-hybridized carbons (Fsp3) is 0.941. The van der Waals surface area contributed by atoms with Crippen LogP contribution < -0.4 is 0 Å². The smallest absolute Gasteiger partial charge is 0.462 e. The zero-order valence-electron chi connectivity index (χ0n) is 56.2. The topological polar surface area (TPSA) is 237 Å². The van der Waals surface area contributed by atoms with Gasteiger partial charge < -0.3 is 33.8 Å². The predicted octanol–water partition coefficient (Wildman–Crippen LogP) is 19.4. The zero-order valence-corrected chi connectivity index (χ0v) is 57.9. The first-order chi connectivity index (χ1) is 42.0. The average molecular weight is 1280 g/mol. The molecule has 0 saturated heterocycles. The van der Waals surface area contributed by atoms with Crippen molar-refractivity contribution in [1.82, 2.24) is 0 Å². The van der Waals surface area contributed by atoms with Gasteiger partial charge in [-0.3, -0.25) is 37.3 Å². The number of aliphatic hydroxyl groups is 1. The van der Waals surface area contributed by atoms with Gasteiger partial charge in [-0.05, 0) is 31.6 Å². The highest BCUT2D eigenvalue weighted by atomic mass is 31.2. The van der Waals surface area contributed by atoms with E-state index in [4.69, 9.17) is 37.0 Å². The van der Waals surface area contributed by atoms with E-state index in [2.05, 4.69) is 34.6 Å². The Labute approximate surface area is 530 Å². The van der Waals surface area contributed by atoms with Crippen LogP contribution in [0.25, 0.3) is 0 Å². The van der Waals surface area contributed by atoms with E-state index < -0.39 is 97.5 Å². The summed E-state index contributed by atoms with van der Waals surface area (Å²) < 4.78 is 68.0. The summed E-state index contributed by atoms with van der Waals surface area (Å²) in [5.41, 5.74) is 0. The number of rotatable bonds is 68. The molecule has 0 bridgehead atoms. The second-order valence-electron chi connectivity index (χ2n) is 25.0. The number of ether oxygens (including phenoxy) is 4. The summed E-state index contributed by atoms with van der Waals surface area (Å²) >= 11 is 0. The number of esters is 4. The Hall–Kier alpha value is -1.94. The Kier molecular flexibility index (Phi) is 60.2. The summed E-state index contributed by atoms with van der Waals surface area (Å²) in [5, 5.41) is 10.5. The zero-order chi connectivity index (χ0) is 64.2. The maximum absolute atomic E-state index is 13.0. The van der Waals surface area contributed by atoms with E-state index in [1.54, 1.807) is 0 Å². The van der Waals surface area contributed by atoms with Crippen molar-refractivity contribution >= 4 is 39.5 Å². The van der Waals surface area contributed by atoms with Gasteiger partial charge in [-0.15, -0.1) is 0 Å². The molecule has 0 radical (unpaired) electrons. The molecule has 0 aliphatic carbocycles. The van der Waals surface area contributed by atoms with E-state index in [0.29, 0.717) is 25.7 Å². The van der Waals surface area contributed by atoms with Crippen molar-refractivity contribution in [3.05, 3.63) is 0 Å². The number of phosphoric acid groups is 2. The maximum Gasteiger partial charge on any atom is 0.472 e. The summed E-state index contributed by atoms with van der Waals surface area (Å²) in [5.74, 6) is -1.40. The van der Waals surface area contributed by atoms with Gasteiger partial charge in [0.2, 0.25) is 0 Å². The summed E-state index contributed by atoms with van der Waals surface area (Å²) in [6.45, 7) is 7.13. The van der Waals surface area contributed by atoms with Crippen LogP contribution in [0.4, 0.5) is 0 Å². The second-order valence-corrected chi connectivity index (χ2v) is 27.9. The molecular formula is C68H132O17P2. The highest BCUT2D eigenvalue weighted by molar-refractivity contribution is 7.47.